The summed E-state index contributed by atoms with van der Waals surface area (Å²) in [5, 5.41) is 3.77. The summed E-state index contributed by atoms with van der Waals surface area (Å²) in [5.41, 5.74) is 3.20. The lowest BCUT2D eigenvalue weighted by Crippen LogP contribution is -1.98. The van der Waals surface area contributed by atoms with Gasteiger partial charge in [-0.05, 0) is 29.6 Å². The fraction of sp³-hybridized carbons (Fsp3) is 0. The molecule has 1 N–H and O–H groups in total. The van der Waals surface area contributed by atoms with Crippen molar-refractivity contribution in [2.75, 3.05) is 0 Å². The molecule has 78 valence electrons. The molecule has 0 atom stereocenters. The zero-order chi connectivity index (χ0) is 11.0. The Labute approximate surface area is 95.8 Å². The number of aromatic nitrogens is 2. The highest BCUT2D eigenvalue weighted by atomic mass is 32.1. The van der Waals surface area contributed by atoms with E-state index < -0.39 is 0 Å². The van der Waals surface area contributed by atoms with Gasteiger partial charge in [-0.15, -0.1) is 0 Å². The van der Waals surface area contributed by atoms with Crippen LogP contribution in [0, 0.1) is 0 Å². The molecule has 0 saturated carbocycles. The topological polar surface area (TPSA) is 45.8 Å². The number of imidazole rings is 1. The SMILES string of the molecule is O=C(c1ccsc1)c1ccc2nc[nH]c2c1. The van der Waals surface area contributed by atoms with Crippen molar-refractivity contribution in [3.8, 4) is 0 Å². The summed E-state index contributed by atoms with van der Waals surface area (Å²) in [6, 6.07) is 7.33. The van der Waals surface area contributed by atoms with Gasteiger partial charge in [0.1, 0.15) is 0 Å². The molecule has 3 aromatic rings. The molecule has 0 aliphatic carbocycles. The molecule has 0 radical (unpaired) electrons. The van der Waals surface area contributed by atoms with Gasteiger partial charge in [0, 0.05) is 16.5 Å². The number of thiophene rings is 1. The smallest absolute Gasteiger partial charge is 0.193 e. The minimum absolute atomic E-state index is 0.0535. The second kappa shape index (κ2) is 3.57. The van der Waals surface area contributed by atoms with Crippen LogP contribution in [0.4, 0.5) is 0 Å². The van der Waals surface area contributed by atoms with Crippen LogP contribution >= 0.6 is 11.3 Å². The number of hydrogen-bond acceptors (Lipinski definition) is 3. The molecule has 16 heavy (non-hydrogen) atoms. The van der Waals surface area contributed by atoms with Crippen LogP contribution in [0.1, 0.15) is 15.9 Å². The second-order valence-corrected chi connectivity index (χ2v) is 4.26. The molecule has 0 bridgehead atoms. The van der Waals surface area contributed by atoms with Gasteiger partial charge in [-0.3, -0.25) is 4.79 Å². The lowest BCUT2D eigenvalue weighted by Gasteiger charge is -1.98. The summed E-state index contributed by atoms with van der Waals surface area (Å²) in [7, 11) is 0. The Kier molecular flexibility index (Phi) is 2.08. The highest BCUT2D eigenvalue weighted by molar-refractivity contribution is 7.08. The Morgan fingerprint density at radius 1 is 1.25 bits per heavy atom. The molecular formula is C12H8N2OS. The van der Waals surface area contributed by atoms with Crippen molar-refractivity contribution in [1.82, 2.24) is 9.97 Å². The van der Waals surface area contributed by atoms with Gasteiger partial charge in [-0.25, -0.2) is 4.98 Å². The molecule has 3 rings (SSSR count). The average molecular weight is 228 g/mol. The van der Waals surface area contributed by atoms with Gasteiger partial charge in [0.2, 0.25) is 0 Å². The van der Waals surface area contributed by atoms with Crippen molar-refractivity contribution in [2.24, 2.45) is 0 Å². The number of fused-ring (bicyclic) bond motifs is 1. The molecule has 0 unspecified atom stereocenters. The van der Waals surface area contributed by atoms with Crippen LogP contribution in [0.3, 0.4) is 0 Å². The third kappa shape index (κ3) is 1.44. The molecule has 0 aliphatic heterocycles. The quantitative estimate of drug-likeness (QED) is 0.685. The zero-order valence-corrected chi connectivity index (χ0v) is 9.12. The van der Waals surface area contributed by atoms with Crippen molar-refractivity contribution in [3.63, 3.8) is 0 Å². The van der Waals surface area contributed by atoms with Crippen LogP contribution in [0.5, 0.6) is 0 Å². The van der Waals surface area contributed by atoms with Crippen LogP contribution in [-0.4, -0.2) is 15.8 Å². The number of nitrogens with zero attached hydrogens (tertiary/aromatic N) is 1. The van der Waals surface area contributed by atoms with Gasteiger partial charge in [0.05, 0.1) is 17.4 Å². The number of carbonyl (C=O) groups is 1. The first-order valence-corrected chi connectivity index (χ1v) is 5.79. The van der Waals surface area contributed by atoms with Crippen LogP contribution in [0.2, 0.25) is 0 Å². The molecule has 3 nitrogen and oxygen atoms in total. The average Bonchev–Trinajstić information content (AvgIpc) is 2.98. The van der Waals surface area contributed by atoms with Crippen LogP contribution < -0.4 is 0 Å². The van der Waals surface area contributed by atoms with E-state index in [4.69, 9.17) is 0 Å². The fourth-order valence-electron chi connectivity index (χ4n) is 1.64. The zero-order valence-electron chi connectivity index (χ0n) is 8.31. The summed E-state index contributed by atoms with van der Waals surface area (Å²) in [6.07, 6.45) is 1.63. The Morgan fingerprint density at radius 2 is 2.19 bits per heavy atom. The number of ketones is 1. The predicted molar refractivity (Wildman–Crippen MR) is 63.8 cm³/mol. The lowest BCUT2D eigenvalue weighted by atomic mass is 10.1. The van der Waals surface area contributed by atoms with Crippen molar-refractivity contribution >= 4 is 28.2 Å². The van der Waals surface area contributed by atoms with E-state index in [-0.39, 0.29) is 5.78 Å². The summed E-state index contributed by atoms with van der Waals surface area (Å²) in [5.74, 6) is 0.0535. The number of aromatic amines is 1. The van der Waals surface area contributed by atoms with Gasteiger partial charge in [0.15, 0.2) is 5.78 Å². The van der Waals surface area contributed by atoms with E-state index in [0.717, 1.165) is 16.6 Å². The minimum Gasteiger partial charge on any atom is -0.345 e. The van der Waals surface area contributed by atoms with Crippen LogP contribution in [0.15, 0.2) is 41.4 Å². The van der Waals surface area contributed by atoms with Gasteiger partial charge in [0.25, 0.3) is 0 Å². The molecule has 0 aliphatic rings. The molecule has 0 fully saturated rings. The third-order valence-electron chi connectivity index (χ3n) is 2.47. The Balaban J connectivity index is 2.09. The summed E-state index contributed by atoms with van der Waals surface area (Å²) >= 11 is 1.53. The lowest BCUT2D eigenvalue weighted by molar-refractivity contribution is 0.103. The molecule has 2 heterocycles. The standard InChI is InChI=1S/C12H8N2OS/c15-12(9-3-4-16-6-9)8-1-2-10-11(5-8)14-7-13-10/h1-7H,(H,13,14). The van der Waals surface area contributed by atoms with Crippen molar-refractivity contribution in [3.05, 3.63) is 52.5 Å². The van der Waals surface area contributed by atoms with E-state index in [0.29, 0.717) is 5.56 Å². The first-order valence-electron chi connectivity index (χ1n) is 4.84. The number of H-pyrrole nitrogens is 1. The summed E-state index contributed by atoms with van der Waals surface area (Å²) in [4.78, 5) is 19.2. The van der Waals surface area contributed by atoms with E-state index in [9.17, 15) is 4.79 Å². The molecule has 0 saturated heterocycles. The predicted octanol–water partition coefficient (Wildman–Crippen LogP) is 2.86. The number of nitrogens with one attached hydrogen (secondary N) is 1. The molecule has 0 spiro atoms. The Hall–Kier alpha value is -1.94. The van der Waals surface area contributed by atoms with E-state index >= 15 is 0 Å². The van der Waals surface area contributed by atoms with E-state index in [1.165, 1.54) is 11.3 Å². The number of rotatable bonds is 2. The van der Waals surface area contributed by atoms with Gasteiger partial charge < -0.3 is 4.98 Å². The maximum absolute atomic E-state index is 12.0. The molecule has 4 heteroatoms. The number of carbonyl (C=O) groups excluding carboxylic acids is 1. The van der Waals surface area contributed by atoms with Gasteiger partial charge >= 0.3 is 0 Å². The molecule has 2 aromatic heterocycles. The molecule has 0 amide bonds. The maximum Gasteiger partial charge on any atom is 0.193 e. The second-order valence-electron chi connectivity index (χ2n) is 3.48. The van der Waals surface area contributed by atoms with Crippen molar-refractivity contribution in [2.45, 2.75) is 0 Å². The van der Waals surface area contributed by atoms with Crippen LogP contribution in [-0.2, 0) is 0 Å². The fourth-order valence-corrected chi connectivity index (χ4v) is 2.27. The number of hydrogen-bond donors (Lipinski definition) is 1. The first kappa shape index (κ1) is 9.30. The number of benzene rings is 1. The largest absolute Gasteiger partial charge is 0.345 e. The van der Waals surface area contributed by atoms with Crippen molar-refractivity contribution < 1.29 is 4.79 Å². The Bertz CT molecular complexity index is 640. The monoisotopic (exact) mass is 228 g/mol. The van der Waals surface area contributed by atoms with Crippen molar-refractivity contribution in [1.29, 1.82) is 0 Å². The molecular weight excluding hydrogens is 220 g/mol. The van der Waals surface area contributed by atoms with Gasteiger partial charge in [-0.2, -0.15) is 11.3 Å². The van der Waals surface area contributed by atoms with E-state index in [1.54, 1.807) is 6.33 Å². The Morgan fingerprint density at radius 3 is 3.00 bits per heavy atom. The van der Waals surface area contributed by atoms with Crippen LogP contribution in [0.25, 0.3) is 11.0 Å². The molecule has 1 aromatic carbocycles. The summed E-state index contributed by atoms with van der Waals surface area (Å²) < 4.78 is 0. The maximum atomic E-state index is 12.0. The van der Waals surface area contributed by atoms with Gasteiger partial charge in [-0.1, -0.05) is 0 Å². The normalized spacial score (nSPS) is 10.8. The third-order valence-corrected chi connectivity index (χ3v) is 3.15. The highest BCUT2D eigenvalue weighted by Crippen LogP contribution is 2.16. The van der Waals surface area contributed by atoms with E-state index in [2.05, 4.69) is 9.97 Å². The summed E-state index contributed by atoms with van der Waals surface area (Å²) in [6.45, 7) is 0. The highest BCUT2D eigenvalue weighted by Gasteiger charge is 2.10. The minimum atomic E-state index is 0.0535. The first-order chi connectivity index (χ1) is 7.84. The van der Waals surface area contributed by atoms with E-state index in [1.807, 2.05) is 35.0 Å².